The highest BCUT2D eigenvalue weighted by atomic mass is 16.2. The number of fused-ring (bicyclic) bond motifs is 1. The highest BCUT2D eigenvalue weighted by molar-refractivity contribution is 6.05. The van der Waals surface area contributed by atoms with Crippen LogP contribution < -0.4 is 10.6 Å². The smallest absolute Gasteiger partial charge is 0.255 e. The van der Waals surface area contributed by atoms with Crippen molar-refractivity contribution in [3.63, 3.8) is 0 Å². The molecule has 3 heterocycles. The third-order valence-corrected chi connectivity index (χ3v) is 6.33. The van der Waals surface area contributed by atoms with Crippen molar-refractivity contribution in [2.75, 3.05) is 19.6 Å². The first kappa shape index (κ1) is 20.0. The zero-order chi connectivity index (χ0) is 20.4. The van der Waals surface area contributed by atoms with E-state index >= 15 is 0 Å². The zero-order valence-corrected chi connectivity index (χ0v) is 17.1. The first-order valence-electron chi connectivity index (χ1n) is 10.8. The lowest BCUT2D eigenvalue weighted by Crippen LogP contribution is -2.52. The molecule has 1 aromatic carbocycles. The highest BCUT2D eigenvalue weighted by Gasteiger charge is 2.39. The van der Waals surface area contributed by atoms with Crippen LogP contribution in [0.3, 0.4) is 0 Å². The summed E-state index contributed by atoms with van der Waals surface area (Å²) in [5, 5.41) is 5.96. The second kappa shape index (κ2) is 8.63. The van der Waals surface area contributed by atoms with Gasteiger partial charge in [-0.3, -0.25) is 24.6 Å². The lowest BCUT2D eigenvalue weighted by molar-refractivity contribution is -0.136. The minimum absolute atomic E-state index is 0.111. The number of likely N-dealkylation sites (N-methyl/N-ethyl adjacent to an activating group) is 1. The molecule has 1 unspecified atom stereocenters. The van der Waals surface area contributed by atoms with Gasteiger partial charge in [0, 0.05) is 37.7 Å². The summed E-state index contributed by atoms with van der Waals surface area (Å²) in [5.74, 6) is -0.732. The molecule has 2 N–H and O–H groups in total. The van der Waals surface area contributed by atoms with Crippen molar-refractivity contribution in [2.24, 2.45) is 0 Å². The molecule has 3 aliphatic rings. The van der Waals surface area contributed by atoms with Crippen LogP contribution in [0.25, 0.3) is 0 Å². The van der Waals surface area contributed by atoms with Gasteiger partial charge < -0.3 is 10.2 Å². The Bertz CT molecular complexity index is 803. The van der Waals surface area contributed by atoms with E-state index in [1.165, 1.54) is 24.8 Å². The number of imide groups is 1. The number of rotatable bonds is 6. The van der Waals surface area contributed by atoms with Gasteiger partial charge in [0.2, 0.25) is 11.8 Å². The van der Waals surface area contributed by atoms with Gasteiger partial charge in [0.15, 0.2) is 0 Å². The largest absolute Gasteiger partial charge is 0.322 e. The number of nitrogens with zero attached hydrogens (tertiary/aromatic N) is 2. The quantitative estimate of drug-likeness (QED) is 0.708. The fraction of sp³-hybridized carbons (Fsp3) is 0.591. The van der Waals surface area contributed by atoms with Gasteiger partial charge in [-0.05, 0) is 49.5 Å². The summed E-state index contributed by atoms with van der Waals surface area (Å²) in [6.07, 6.45) is 4.48. The summed E-state index contributed by atoms with van der Waals surface area (Å²) < 4.78 is 0. The Morgan fingerprint density at radius 3 is 2.76 bits per heavy atom. The van der Waals surface area contributed by atoms with Gasteiger partial charge in [-0.1, -0.05) is 25.5 Å². The summed E-state index contributed by atoms with van der Waals surface area (Å²) in [6, 6.07) is 6.03. The summed E-state index contributed by atoms with van der Waals surface area (Å²) in [4.78, 5) is 40.5. The average Bonchev–Trinajstić information content (AvgIpc) is 3.04. The second-order valence-electron chi connectivity index (χ2n) is 8.37. The lowest BCUT2D eigenvalue weighted by atomic mass is 10.0. The van der Waals surface area contributed by atoms with Gasteiger partial charge in [-0.2, -0.15) is 0 Å². The molecule has 0 bridgehead atoms. The van der Waals surface area contributed by atoms with E-state index in [4.69, 9.17) is 0 Å². The molecule has 0 saturated carbocycles. The number of nitrogens with one attached hydrogen (secondary N) is 2. The van der Waals surface area contributed by atoms with Crippen LogP contribution in [0.15, 0.2) is 18.2 Å². The molecule has 1 aromatic rings. The van der Waals surface area contributed by atoms with E-state index < -0.39 is 6.04 Å². The van der Waals surface area contributed by atoms with Gasteiger partial charge in [0.1, 0.15) is 6.04 Å². The van der Waals surface area contributed by atoms with Crippen molar-refractivity contribution in [1.82, 2.24) is 20.4 Å². The van der Waals surface area contributed by atoms with Crippen molar-refractivity contribution >= 4 is 17.7 Å². The van der Waals surface area contributed by atoms with E-state index in [0.29, 0.717) is 24.6 Å². The fourth-order valence-electron chi connectivity index (χ4n) is 4.68. The first-order valence-corrected chi connectivity index (χ1v) is 10.8. The van der Waals surface area contributed by atoms with E-state index in [1.807, 2.05) is 12.1 Å². The van der Waals surface area contributed by atoms with E-state index in [-0.39, 0.29) is 24.1 Å². The van der Waals surface area contributed by atoms with Gasteiger partial charge >= 0.3 is 0 Å². The predicted octanol–water partition coefficient (Wildman–Crippen LogP) is 1.41. The van der Waals surface area contributed by atoms with E-state index in [9.17, 15) is 14.4 Å². The van der Waals surface area contributed by atoms with Crippen LogP contribution in [-0.4, -0.2) is 59.2 Å². The van der Waals surface area contributed by atoms with Crippen molar-refractivity contribution in [2.45, 2.75) is 64.2 Å². The molecule has 7 heteroatoms. The predicted molar refractivity (Wildman–Crippen MR) is 109 cm³/mol. The van der Waals surface area contributed by atoms with Crippen LogP contribution in [0.5, 0.6) is 0 Å². The van der Waals surface area contributed by atoms with Gasteiger partial charge in [-0.15, -0.1) is 0 Å². The van der Waals surface area contributed by atoms with Crippen LogP contribution in [0.1, 0.15) is 60.5 Å². The first-order chi connectivity index (χ1) is 14.0. The second-order valence-corrected chi connectivity index (χ2v) is 8.37. The minimum Gasteiger partial charge on any atom is -0.322 e. The summed E-state index contributed by atoms with van der Waals surface area (Å²) in [6.45, 7) is 6.61. The van der Waals surface area contributed by atoms with Crippen LogP contribution in [-0.2, 0) is 22.7 Å². The molecule has 3 aliphatic heterocycles. The van der Waals surface area contributed by atoms with Crippen molar-refractivity contribution in [3.8, 4) is 0 Å². The standard InChI is InChI=1S/C22H30N4O3/c1-2-25(14-17-5-3-4-10-23-17)12-15-6-7-18-16(11-15)13-26(22(18)29)19-8-9-20(27)24-21(19)28/h6-7,11,17,19,23H,2-5,8-10,12-14H2,1H3,(H,24,27,28)/t17-,19?/m1/s1. The molecule has 3 amide bonds. The lowest BCUT2D eigenvalue weighted by Gasteiger charge is -2.30. The third-order valence-electron chi connectivity index (χ3n) is 6.33. The van der Waals surface area contributed by atoms with Crippen molar-refractivity contribution in [3.05, 3.63) is 34.9 Å². The fourth-order valence-corrected chi connectivity index (χ4v) is 4.68. The van der Waals surface area contributed by atoms with E-state index in [1.54, 1.807) is 4.90 Å². The van der Waals surface area contributed by atoms with Crippen LogP contribution in [0.4, 0.5) is 0 Å². The number of benzene rings is 1. The molecule has 0 aliphatic carbocycles. The Balaban J connectivity index is 1.42. The van der Waals surface area contributed by atoms with Crippen molar-refractivity contribution in [1.29, 1.82) is 0 Å². The molecular weight excluding hydrogens is 368 g/mol. The van der Waals surface area contributed by atoms with Crippen LogP contribution >= 0.6 is 0 Å². The molecule has 156 valence electrons. The van der Waals surface area contributed by atoms with Gasteiger partial charge in [0.25, 0.3) is 5.91 Å². The molecule has 0 aromatic heterocycles. The average molecular weight is 399 g/mol. The SMILES string of the molecule is CCN(Cc1ccc2c(c1)CN(C1CCC(=O)NC1=O)C2=O)C[C@H]1CCCCN1. The highest BCUT2D eigenvalue weighted by Crippen LogP contribution is 2.28. The Labute approximate surface area is 171 Å². The Morgan fingerprint density at radius 1 is 1.17 bits per heavy atom. The molecular formula is C22H30N4O3. The van der Waals surface area contributed by atoms with E-state index in [2.05, 4.69) is 28.5 Å². The number of carbonyl (C=O) groups is 3. The van der Waals surface area contributed by atoms with Gasteiger partial charge in [0.05, 0.1) is 0 Å². The molecule has 0 radical (unpaired) electrons. The number of amides is 3. The molecule has 2 fully saturated rings. The maximum absolute atomic E-state index is 12.8. The number of hydrogen-bond acceptors (Lipinski definition) is 5. The van der Waals surface area contributed by atoms with Crippen molar-refractivity contribution < 1.29 is 14.4 Å². The summed E-state index contributed by atoms with van der Waals surface area (Å²) in [5.41, 5.74) is 2.85. The Hall–Kier alpha value is -2.25. The maximum atomic E-state index is 12.8. The van der Waals surface area contributed by atoms with Crippen LogP contribution in [0.2, 0.25) is 0 Å². The summed E-state index contributed by atoms with van der Waals surface area (Å²) >= 11 is 0. The third kappa shape index (κ3) is 4.36. The number of hydrogen-bond donors (Lipinski definition) is 2. The molecule has 2 saturated heterocycles. The monoisotopic (exact) mass is 398 g/mol. The molecule has 4 rings (SSSR count). The zero-order valence-electron chi connectivity index (χ0n) is 17.1. The molecule has 29 heavy (non-hydrogen) atoms. The van der Waals surface area contributed by atoms with E-state index in [0.717, 1.165) is 31.7 Å². The van der Waals surface area contributed by atoms with Gasteiger partial charge in [-0.25, -0.2) is 0 Å². The minimum atomic E-state index is -0.555. The van der Waals surface area contributed by atoms with Crippen LogP contribution in [0, 0.1) is 0 Å². The molecule has 0 spiro atoms. The number of piperidine rings is 2. The number of carbonyl (C=O) groups excluding carboxylic acids is 3. The molecule has 7 nitrogen and oxygen atoms in total. The Morgan fingerprint density at radius 2 is 2.03 bits per heavy atom. The normalized spacial score (nSPS) is 24.8. The Kier molecular flexibility index (Phi) is 5.96. The summed E-state index contributed by atoms with van der Waals surface area (Å²) in [7, 11) is 0. The topological polar surface area (TPSA) is 81.8 Å². The molecule has 2 atom stereocenters. The maximum Gasteiger partial charge on any atom is 0.255 e.